The molecule has 1 aliphatic heterocycles. The van der Waals surface area contributed by atoms with Gasteiger partial charge in [0.25, 0.3) is 0 Å². The predicted molar refractivity (Wildman–Crippen MR) is 117 cm³/mol. The Kier molecular flexibility index (Phi) is 6.98. The molecule has 0 aromatic heterocycles. The summed E-state index contributed by atoms with van der Waals surface area (Å²) >= 11 is 0. The summed E-state index contributed by atoms with van der Waals surface area (Å²) < 4.78 is 12.9. The van der Waals surface area contributed by atoms with Gasteiger partial charge in [-0.1, -0.05) is 42.8 Å². The van der Waals surface area contributed by atoms with Gasteiger partial charge in [0.05, 0.1) is 0 Å². The Morgan fingerprint density at radius 2 is 1.90 bits per heavy atom. The van der Waals surface area contributed by atoms with Crippen LogP contribution in [0.25, 0.3) is 11.1 Å². The molecule has 2 aromatic carbocycles. The normalized spacial score (nSPS) is 24.6. The number of aliphatic carboxylic acids is 1. The van der Waals surface area contributed by atoms with Crippen LogP contribution in [0.1, 0.15) is 24.8 Å². The van der Waals surface area contributed by atoms with Crippen molar-refractivity contribution in [3.63, 3.8) is 0 Å². The third-order valence-electron chi connectivity index (χ3n) is 5.89. The summed E-state index contributed by atoms with van der Waals surface area (Å²) in [5, 5.41) is 18.3. The summed E-state index contributed by atoms with van der Waals surface area (Å²) in [6.07, 6.45) is 1.19. The van der Waals surface area contributed by atoms with E-state index in [1.807, 2.05) is 41.3 Å². The van der Waals surface area contributed by atoms with E-state index in [0.29, 0.717) is 32.5 Å². The van der Waals surface area contributed by atoms with Gasteiger partial charge >= 0.3 is 5.97 Å². The number of phenolic OH excluding ortho intramolecular Hbond substituents is 1. The molecule has 8 heteroatoms. The Labute approximate surface area is 176 Å². The molecule has 0 spiro atoms. The summed E-state index contributed by atoms with van der Waals surface area (Å²) in [5.74, 6) is -1.07. The van der Waals surface area contributed by atoms with E-state index in [-0.39, 0.29) is 24.9 Å². The van der Waals surface area contributed by atoms with Gasteiger partial charge in [0, 0.05) is 25.8 Å². The van der Waals surface area contributed by atoms with E-state index in [0.717, 1.165) is 16.7 Å². The van der Waals surface area contributed by atoms with Crippen LogP contribution < -0.4 is 5.73 Å². The number of aromatic hydroxyl groups is 1. The number of rotatable bonds is 8. The summed E-state index contributed by atoms with van der Waals surface area (Å²) in [6, 6.07) is 14.8. The van der Waals surface area contributed by atoms with E-state index in [9.17, 15) is 24.5 Å². The maximum Gasteiger partial charge on any atom is 0.320 e. The maximum absolute atomic E-state index is 12.9. The van der Waals surface area contributed by atoms with Gasteiger partial charge in [-0.3, -0.25) is 14.3 Å². The van der Waals surface area contributed by atoms with Crippen molar-refractivity contribution < 1.29 is 24.5 Å². The molecular formula is C22H29N2O5P. The van der Waals surface area contributed by atoms with Gasteiger partial charge in [0.15, 0.2) is 5.16 Å². The average molecular weight is 432 g/mol. The lowest BCUT2D eigenvalue weighted by atomic mass is 9.97. The molecule has 162 valence electrons. The van der Waals surface area contributed by atoms with Crippen molar-refractivity contribution in [2.75, 3.05) is 25.8 Å². The third-order valence-corrected chi connectivity index (χ3v) is 8.59. The summed E-state index contributed by atoms with van der Waals surface area (Å²) in [5.41, 5.74) is 8.26. The molecule has 1 saturated heterocycles. The van der Waals surface area contributed by atoms with Crippen molar-refractivity contribution in [1.29, 1.82) is 0 Å². The Hall–Kier alpha value is -2.18. The molecular weight excluding hydrogens is 403 g/mol. The van der Waals surface area contributed by atoms with Crippen molar-refractivity contribution in [2.24, 2.45) is 5.73 Å². The molecule has 0 aliphatic carbocycles. The fourth-order valence-corrected chi connectivity index (χ4v) is 6.36. The number of hydrogen-bond acceptors (Lipinski definition) is 5. The number of carboxylic acids is 1. The van der Waals surface area contributed by atoms with E-state index in [1.54, 1.807) is 12.1 Å². The highest BCUT2D eigenvalue weighted by molar-refractivity contribution is 7.61. The van der Waals surface area contributed by atoms with Gasteiger partial charge in [-0.15, -0.1) is 0 Å². The number of nitrogens with zero attached hydrogens (tertiary/aromatic N) is 1. The minimum atomic E-state index is -3.87. The molecule has 7 nitrogen and oxygen atoms in total. The van der Waals surface area contributed by atoms with Crippen LogP contribution in [0.2, 0.25) is 0 Å². The Balaban J connectivity index is 1.89. The molecule has 0 amide bonds. The SMILES string of the molecule is NCCCC[C@@]1(C(=O)O)CN(Cc2ccc(O)cc2-c2ccccc2)CCP1(=O)O. The van der Waals surface area contributed by atoms with E-state index in [2.05, 4.69) is 0 Å². The van der Waals surface area contributed by atoms with Crippen LogP contribution in [0.3, 0.4) is 0 Å². The lowest BCUT2D eigenvalue weighted by molar-refractivity contribution is -0.141. The molecule has 0 bridgehead atoms. The Morgan fingerprint density at radius 3 is 2.57 bits per heavy atom. The maximum atomic E-state index is 12.9. The number of hydrogen-bond donors (Lipinski definition) is 4. The topological polar surface area (TPSA) is 124 Å². The highest BCUT2D eigenvalue weighted by Gasteiger charge is 2.56. The van der Waals surface area contributed by atoms with Crippen LogP contribution in [0.4, 0.5) is 0 Å². The number of nitrogens with two attached hydrogens (primary N) is 1. The monoisotopic (exact) mass is 432 g/mol. The van der Waals surface area contributed by atoms with Crippen LogP contribution in [0.15, 0.2) is 48.5 Å². The zero-order chi connectivity index (χ0) is 21.8. The van der Waals surface area contributed by atoms with Crippen molar-refractivity contribution >= 4 is 13.3 Å². The molecule has 3 rings (SSSR count). The standard InChI is InChI=1S/C22H29N2O5P/c23-11-5-4-10-22(21(26)27)16-24(12-13-30(22,28)29)15-18-8-9-19(25)14-20(18)17-6-2-1-3-7-17/h1-3,6-9,14,25H,4-5,10-13,15-16,23H2,(H,26,27)(H,28,29)/t22-/m0/s1. The first kappa shape index (κ1) is 22.5. The summed E-state index contributed by atoms with van der Waals surface area (Å²) in [7, 11) is -3.87. The predicted octanol–water partition coefficient (Wildman–Crippen LogP) is 3.10. The van der Waals surface area contributed by atoms with Crippen molar-refractivity contribution in [2.45, 2.75) is 31.0 Å². The molecule has 1 heterocycles. The molecule has 2 atom stereocenters. The quantitative estimate of drug-likeness (QED) is 0.373. The second-order valence-electron chi connectivity index (χ2n) is 7.93. The molecule has 30 heavy (non-hydrogen) atoms. The van der Waals surface area contributed by atoms with Crippen LogP contribution in [-0.2, 0) is 15.9 Å². The number of carbonyl (C=O) groups is 1. The summed E-state index contributed by atoms with van der Waals surface area (Å²) in [6.45, 7) is 1.20. The smallest absolute Gasteiger partial charge is 0.320 e. The fourth-order valence-electron chi connectivity index (χ4n) is 4.15. The van der Waals surface area contributed by atoms with E-state index in [4.69, 9.17) is 5.73 Å². The van der Waals surface area contributed by atoms with E-state index < -0.39 is 18.5 Å². The van der Waals surface area contributed by atoms with Gasteiger partial charge in [-0.2, -0.15) is 0 Å². The molecule has 1 unspecified atom stereocenters. The molecule has 1 fully saturated rings. The zero-order valence-electron chi connectivity index (χ0n) is 16.9. The number of phenols is 1. The minimum Gasteiger partial charge on any atom is -0.508 e. The zero-order valence-corrected chi connectivity index (χ0v) is 17.8. The lowest BCUT2D eigenvalue weighted by Crippen LogP contribution is -2.53. The van der Waals surface area contributed by atoms with Crippen LogP contribution in [0, 0.1) is 0 Å². The molecule has 1 aliphatic rings. The molecule has 0 saturated carbocycles. The van der Waals surface area contributed by atoms with Gasteiger partial charge in [-0.25, -0.2) is 0 Å². The van der Waals surface area contributed by atoms with Crippen LogP contribution in [0.5, 0.6) is 5.75 Å². The first-order valence-corrected chi connectivity index (χ1v) is 12.0. The van der Waals surface area contributed by atoms with Crippen LogP contribution in [-0.4, -0.2) is 56.9 Å². The van der Waals surface area contributed by atoms with Crippen molar-refractivity contribution in [3.8, 4) is 16.9 Å². The molecule has 5 N–H and O–H groups in total. The van der Waals surface area contributed by atoms with Crippen molar-refractivity contribution in [1.82, 2.24) is 4.90 Å². The van der Waals surface area contributed by atoms with Gasteiger partial charge in [0.1, 0.15) is 5.75 Å². The highest BCUT2D eigenvalue weighted by atomic mass is 31.2. The van der Waals surface area contributed by atoms with Crippen molar-refractivity contribution in [3.05, 3.63) is 54.1 Å². The van der Waals surface area contributed by atoms with Crippen LogP contribution >= 0.6 is 7.37 Å². The Bertz CT molecular complexity index is 936. The Morgan fingerprint density at radius 1 is 1.17 bits per heavy atom. The second kappa shape index (κ2) is 9.31. The number of benzene rings is 2. The fraction of sp³-hybridized carbons (Fsp3) is 0.409. The van der Waals surface area contributed by atoms with E-state index >= 15 is 0 Å². The lowest BCUT2D eigenvalue weighted by Gasteiger charge is -2.43. The van der Waals surface area contributed by atoms with Gasteiger partial charge in [-0.05, 0) is 48.2 Å². The first-order valence-electron chi connectivity index (χ1n) is 10.1. The van der Waals surface area contributed by atoms with Gasteiger partial charge < -0.3 is 20.8 Å². The highest BCUT2D eigenvalue weighted by Crippen LogP contribution is 2.59. The van der Waals surface area contributed by atoms with Gasteiger partial charge in [0.2, 0.25) is 7.37 Å². The largest absolute Gasteiger partial charge is 0.508 e. The third kappa shape index (κ3) is 4.60. The average Bonchev–Trinajstić information content (AvgIpc) is 2.72. The number of unbranched alkanes of at least 4 members (excludes halogenated alkanes) is 1. The van der Waals surface area contributed by atoms with E-state index in [1.165, 1.54) is 0 Å². The summed E-state index contributed by atoms with van der Waals surface area (Å²) in [4.78, 5) is 24.7. The number of carboxylic acid groups (broad SMARTS) is 1. The molecule has 2 aromatic rings. The molecule has 0 radical (unpaired) electrons. The first-order chi connectivity index (χ1) is 14.3. The minimum absolute atomic E-state index is 0.00971. The second-order valence-corrected chi connectivity index (χ2v) is 10.6.